The Morgan fingerprint density at radius 3 is 2.76 bits per heavy atom. The van der Waals surface area contributed by atoms with E-state index in [4.69, 9.17) is 4.74 Å². The van der Waals surface area contributed by atoms with E-state index in [1.54, 1.807) is 0 Å². The van der Waals surface area contributed by atoms with Crippen LogP contribution in [0, 0.1) is 0 Å². The van der Waals surface area contributed by atoms with Crippen molar-refractivity contribution < 1.29 is 4.74 Å². The van der Waals surface area contributed by atoms with Crippen molar-refractivity contribution in [1.82, 2.24) is 15.3 Å². The van der Waals surface area contributed by atoms with Gasteiger partial charge in [-0.3, -0.25) is 4.79 Å². The van der Waals surface area contributed by atoms with Crippen LogP contribution in [0.25, 0.3) is 0 Å². The molecule has 0 aliphatic carbocycles. The Balaban J connectivity index is 2.82. The molecule has 0 fully saturated rings. The fourth-order valence-electron chi connectivity index (χ4n) is 1.45. The minimum atomic E-state index is -0.188. The Bertz CT molecular complexity index is 401. The highest BCUT2D eigenvalue weighted by Crippen LogP contribution is 2.10. The lowest BCUT2D eigenvalue weighted by molar-refractivity contribution is 0.0697. The molecule has 0 spiro atoms. The van der Waals surface area contributed by atoms with Crippen LogP contribution >= 0.6 is 0 Å². The molecule has 17 heavy (non-hydrogen) atoms. The highest BCUT2D eigenvalue weighted by atomic mass is 16.5. The number of nitrogens with zero attached hydrogens (tertiary/aromatic N) is 1. The summed E-state index contributed by atoms with van der Waals surface area (Å²) in [7, 11) is 0. The van der Waals surface area contributed by atoms with Gasteiger partial charge in [-0.15, -0.1) is 0 Å². The SMILES string of the molecule is CCOC(C)c1nc(CNC(C)C)cc(=O)[nH]1. The Hall–Kier alpha value is -1.20. The molecule has 1 atom stereocenters. The smallest absolute Gasteiger partial charge is 0.251 e. The van der Waals surface area contributed by atoms with Crippen LogP contribution in [0.5, 0.6) is 0 Å². The fourth-order valence-corrected chi connectivity index (χ4v) is 1.45. The van der Waals surface area contributed by atoms with Gasteiger partial charge in [0.15, 0.2) is 0 Å². The molecule has 1 aromatic heterocycles. The summed E-state index contributed by atoms with van der Waals surface area (Å²) in [6.07, 6.45) is -0.188. The minimum absolute atomic E-state index is 0.137. The van der Waals surface area contributed by atoms with Gasteiger partial charge >= 0.3 is 0 Å². The lowest BCUT2D eigenvalue weighted by atomic mass is 10.3. The predicted octanol–water partition coefficient (Wildman–Crippen LogP) is 1.37. The van der Waals surface area contributed by atoms with Crippen molar-refractivity contribution in [2.75, 3.05) is 6.61 Å². The summed E-state index contributed by atoms with van der Waals surface area (Å²) < 4.78 is 5.41. The second-order valence-electron chi connectivity index (χ2n) is 4.26. The standard InChI is InChI=1S/C12H21N3O2/c1-5-17-9(4)12-14-10(6-11(16)15-12)7-13-8(2)3/h6,8-9,13H,5,7H2,1-4H3,(H,14,15,16). The maximum Gasteiger partial charge on any atom is 0.251 e. The number of nitrogens with one attached hydrogen (secondary N) is 2. The number of rotatable bonds is 6. The molecule has 0 aliphatic rings. The summed E-state index contributed by atoms with van der Waals surface area (Å²) >= 11 is 0. The van der Waals surface area contributed by atoms with Crippen LogP contribution in [-0.2, 0) is 11.3 Å². The lowest BCUT2D eigenvalue weighted by Crippen LogP contribution is -2.25. The molecule has 0 bridgehead atoms. The maximum atomic E-state index is 11.5. The van der Waals surface area contributed by atoms with Crippen LogP contribution in [0.3, 0.4) is 0 Å². The molecular weight excluding hydrogens is 218 g/mol. The van der Waals surface area contributed by atoms with Crippen LogP contribution in [-0.4, -0.2) is 22.6 Å². The van der Waals surface area contributed by atoms with Gasteiger partial charge in [-0.25, -0.2) is 4.98 Å². The quantitative estimate of drug-likeness (QED) is 0.786. The van der Waals surface area contributed by atoms with Gasteiger partial charge in [0.1, 0.15) is 11.9 Å². The van der Waals surface area contributed by atoms with Crippen LogP contribution in [0.15, 0.2) is 10.9 Å². The summed E-state index contributed by atoms with van der Waals surface area (Å²) in [6, 6.07) is 1.88. The molecule has 0 radical (unpaired) electrons. The zero-order valence-electron chi connectivity index (χ0n) is 10.9. The van der Waals surface area contributed by atoms with E-state index in [9.17, 15) is 4.79 Å². The van der Waals surface area contributed by atoms with Crippen molar-refractivity contribution >= 4 is 0 Å². The topological polar surface area (TPSA) is 67.0 Å². The van der Waals surface area contributed by atoms with E-state index in [0.29, 0.717) is 25.0 Å². The molecule has 1 unspecified atom stereocenters. The Morgan fingerprint density at radius 1 is 1.47 bits per heavy atom. The maximum absolute atomic E-state index is 11.5. The first-order valence-corrected chi connectivity index (χ1v) is 5.98. The van der Waals surface area contributed by atoms with E-state index in [2.05, 4.69) is 29.1 Å². The summed E-state index contributed by atoms with van der Waals surface area (Å²) in [5.74, 6) is 0.583. The van der Waals surface area contributed by atoms with E-state index in [1.807, 2.05) is 13.8 Å². The van der Waals surface area contributed by atoms with Crippen LogP contribution in [0.1, 0.15) is 45.3 Å². The molecule has 0 aliphatic heterocycles. The number of ether oxygens (including phenoxy) is 1. The second-order valence-corrected chi connectivity index (χ2v) is 4.26. The first-order chi connectivity index (χ1) is 8.02. The molecule has 1 aromatic rings. The van der Waals surface area contributed by atoms with Gasteiger partial charge < -0.3 is 15.0 Å². The van der Waals surface area contributed by atoms with Gasteiger partial charge in [-0.05, 0) is 13.8 Å². The highest BCUT2D eigenvalue weighted by Gasteiger charge is 2.09. The first-order valence-electron chi connectivity index (χ1n) is 5.98. The fraction of sp³-hybridized carbons (Fsp3) is 0.667. The molecule has 1 heterocycles. The van der Waals surface area contributed by atoms with Crippen molar-refractivity contribution in [3.8, 4) is 0 Å². The minimum Gasteiger partial charge on any atom is -0.371 e. The highest BCUT2D eigenvalue weighted by molar-refractivity contribution is 5.04. The zero-order chi connectivity index (χ0) is 12.8. The number of hydrogen-bond acceptors (Lipinski definition) is 4. The summed E-state index contributed by atoms with van der Waals surface area (Å²) in [5, 5.41) is 3.23. The van der Waals surface area contributed by atoms with Crippen molar-refractivity contribution in [3.05, 3.63) is 27.9 Å². The third-order valence-corrected chi connectivity index (χ3v) is 2.31. The molecule has 0 saturated heterocycles. The van der Waals surface area contributed by atoms with Crippen LogP contribution < -0.4 is 10.9 Å². The Kier molecular flexibility index (Phi) is 5.31. The molecule has 0 saturated carbocycles. The molecule has 5 nitrogen and oxygen atoms in total. The van der Waals surface area contributed by atoms with Gasteiger partial charge in [0.05, 0.1) is 5.69 Å². The lowest BCUT2D eigenvalue weighted by Gasteiger charge is -2.12. The zero-order valence-corrected chi connectivity index (χ0v) is 10.9. The van der Waals surface area contributed by atoms with Crippen molar-refractivity contribution in [2.24, 2.45) is 0 Å². The Morgan fingerprint density at radius 2 is 2.18 bits per heavy atom. The molecule has 0 aromatic carbocycles. The van der Waals surface area contributed by atoms with Crippen molar-refractivity contribution in [3.63, 3.8) is 0 Å². The third kappa shape index (κ3) is 4.66. The van der Waals surface area contributed by atoms with Gasteiger partial charge in [-0.1, -0.05) is 13.8 Å². The van der Waals surface area contributed by atoms with Crippen molar-refractivity contribution in [1.29, 1.82) is 0 Å². The van der Waals surface area contributed by atoms with Crippen LogP contribution in [0.4, 0.5) is 0 Å². The normalized spacial score (nSPS) is 13.0. The second kappa shape index (κ2) is 6.51. The summed E-state index contributed by atoms with van der Waals surface area (Å²) in [5.41, 5.74) is 0.603. The molecule has 96 valence electrons. The van der Waals surface area contributed by atoms with Gasteiger partial charge in [0.25, 0.3) is 5.56 Å². The summed E-state index contributed by atoms with van der Waals surface area (Å²) in [6.45, 7) is 9.08. The molecule has 5 heteroatoms. The van der Waals surface area contributed by atoms with E-state index in [0.717, 1.165) is 5.69 Å². The number of aromatic nitrogens is 2. The van der Waals surface area contributed by atoms with E-state index >= 15 is 0 Å². The van der Waals surface area contributed by atoms with E-state index in [1.165, 1.54) is 6.07 Å². The van der Waals surface area contributed by atoms with Crippen LogP contribution in [0.2, 0.25) is 0 Å². The van der Waals surface area contributed by atoms with Gasteiger partial charge in [0.2, 0.25) is 0 Å². The summed E-state index contributed by atoms with van der Waals surface area (Å²) in [4.78, 5) is 18.6. The third-order valence-electron chi connectivity index (χ3n) is 2.31. The van der Waals surface area contributed by atoms with Crippen molar-refractivity contribution in [2.45, 2.75) is 46.4 Å². The molecule has 1 rings (SSSR count). The first kappa shape index (κ1) is 13.9. The number of hydrogen-bond donors (Lipinski definition) is 2. The monoisotopic (exact) mass is 239 g/mol. The number of aromatic amines is 1. The van der Waals surface area contributed by atoms with Gasteiger partial charge in [-0.2, -0.15) is 0 Å². The van der Waals surface area contributed by atoms with E-state index < -0.39 is 0 Å². The Labute approximate surface area is 102 Å². The molecular formula is C12H21N3O2. The molecule has 0 amide bonds. The predicted molar refractivity (Wildman–Crippen MR) is 66.9 cm³/mol. The largest absolute Gasteiger partial charge is 0.371 e. The average molecular weight is 239 g/mol. The van der Waals surface area contributed by atoms with Gasteiger partial charge in [0, 0.05) is 25.3 Å². The van der Waals surface area contributed by atoms with E-state index in [-0.39, 0.29) is 11.7 Å². The number of H-pyrrole nitrogens is 1. The molecule has 2 N–H and O–H groups in total. The average Bonchev–Trinajstić information content (AvgIpc) is 2.26.